The number of carboxylic acid groups (broad SMARTS) is 1. The molecule has 1 atom stereocenters. The van der Waals surface area contributed by atoms with Gasteiger partial charge in [-0.2, -0.15) is 0 Å². The van der Waals surface area contributed by atoms with Gasteiger partial charge in [0.25, 0.3) is 5.91 Å². The fraction of sp³-hybridized carbons (Fsp3) is 0.200. The van der Waals surface area contributed by atoms with Crippen LogP contribution in [0.3, 0.4) is 0 Å². The lowest BCUT2D eigenvalue weighted by Gasteiger charge is -2.13. The van der Waals surface area contributed by atoms with E-state index in [0.717, 1.165) is 11.3 Å². The van der Waals surface area contributed by atoms with Crippen LogP contribution in [0.5, 0.6) is 11.5 Å². The number of methoxy groups -OCH3 is 2. The van der Waals surface area contributed by atoms with Crippen LogP contribution >= 0.6 is 0 Å². The maximum absolute atomic E-state index is 12.4. The summed E-state index contributed by atoms with van der Waals surface area (Å²) in [5.74, 6) is -0.0819. The van der Waals surface area contributed by atoms with E-state index < -0.39 is 5.97 Å². The minimum atomic E-state index is -0.972. The maximum Gasteiger partial charge on any atom is 0.335 e. The van der Waals surface area contributed by atoms with Gasteiger partial charge in [-0.15, -0.1) is 0 Å². The van der Waals surface area contributed by atoms with Crippen molar-refractivity contribution >= 4 is 28.8 Å². The smallest absolute Gasteiger partial charge is 0.335 e. The molecule has 1 unspecified atom stereocenters. The number of carboxylic acids is 1. The Bertz CT molecular complexity index is 919. The van der Waals surface area contributed by atoms with E-state index in [2.05, 4.69) is 10.6 Å². The molecule has 2 aromatic carbocycles. The van der Waals surface area contributed by atoms with Crippen molar-refractivity contribution in [3.63, 3.8) is 0 Å². The summed E-state index contributed by atoms with van der Waals surface area (Å²) >= 11 is 0. The minimum absolute atomic E-state index is 0.166. The lowest BCUT2D eigenvalue weighted by atomic mass is 10.0. The van der Waals surface area contributed by atoms with Gasteiger partial charge in [-0.3, -0.25) is 4.79 Å². The molecule has 0 aromatic heterocycles. The molecule has 0 aliphatic carbocycles. The van der Waals surface area contributed by atoms with Gasteiger partial charge in [0.05, 0.1) is 25.5 Å². The van der Waals surface area contributed by atoms with Crippen molar-refractivity contribution in [3.05, 3.63) is 53.6 Å². The minimum Gasteiger partial charge on any atom is -0.493 e. The van der Waals surface area contributed by atoms with Crippen LogP contribution in [0.1, 0.15) is 22.8 Å². The number of amides is 1. The number of carbonyl (C=O) groups excluding carboxylic acids is 1. The Morgan fingerprint density at radius 1 is 1.15 bits per heavy atom. The van der Waals surface area contributed by atoms with Crippen molar-refractivity contribution < 1.29 is 24.2 Å². The molecule has 0 bridgehead atoms. The van der Waals surface area contributed by atoms with Gasteiger partial charge in [-0.05, 0) is 43.3 Å². The number of aromatic carboxylic acids is 1. The molecule has 2 aromatic rings. The number of hydrogen-bond donors (Lipinski definition) is 3. The van der Waals surface area contributed by atoms with Gasteiger partial charge in [0, 0.05) is 28.9 Å². The lowest BCUT2D eigenvalue weighted by molar-refractivity contribution is -0.110. The molecule has 1 heterocycles. The van der Waals surface area contributed by atoms with Crippen LogP contribution in [0.15, 0.2) is 42.5 Å². The normalized spacial score (nSPS) is 15.1. The van der Waals surface area contributed by atoms with Crippen LogP contribution in [0.4, 0.5) is 11.4 Å². The standard InChI is InChI=1S/C20H20N2O5/c1-11(21-13-6-4-12(5-7-13)20(24)25)8-15-14-9-17(26-2)18(27-3)10-16(14)22-19(15)23/h4-11,21H,1-3H3,(H,22,23)(H,24,25). The average molecular weight is 368 g/mol. The Morgan fingerprint density at radius 2 is 1.78 bits per heavy atom. The number of ether oxygens (including phenoxy) is 2. The van der Waals surface area contributed by atoms with E-state index in [-0.39, 0.29) is 17.5 Å². The summed E-state index contributed by atoms with van der Waals surface area (Å²) in [6.45, 7) is 1.91. The molecule has 3 rings (SSSR count). The van der Waals surface area contributed by atoms with Gasteiger partial charge in [-0.25, -0.2) is 4.79 Å². The molecule has 7 heteroatoms. The third-order valence-corrected chi connectivity index (χ3v) is 4.25. The first-order chi connectivity index (χ1) is 12.9. The van der Waals surface area contributed by atoms with Crippen LogP contribution in [0.25, 0.3) is 5.57 Å². The van der Waals surface area contributed by atoms with Gasteiger partial charge < -0.3 is 25.2 Å². The SMILES string of the molecule is COc1cc2c(cc1OC)C(=CC(C)Nc1ccc(C(=O)O)cc1)C(=O)N2. The molecule has 0 saturated heterocycles. The number of nitrogens with one attached hydrogen (secondary N) is 2. The number of fused-ring (bicyclic) bond motifs is 1. The molecule has 0 saturated carbocycles. The second-order valence-corrected chi connectivity index (χ2v) is 6.10. The lowest BCUT2D eigenvalue weighted by Crippen LogP contribution is -2.14. The Morgan fingerprint density at radius 3 is 2.37 bits per heavy atom. The Balaban J connectivity index is 1.84. The quantitative estimate of drug-likeness (QED) is 0.678. The van der Waals surface area contributed by atoms with Crippen molar-refractivity contribution in [2.24, 2.45) is 0 Å². The van der Waals surface area contributed by atoms with Gasteiger partial charge in [0.15, 0.2) is 11.5 Å². The maximum atomic E-state index is 12.4. The van der Waals surface area contributed by atoms with Crippen molar-refractivity contribution in [3.8, 4) is 11.5 Å². The molecular weight excluding hydrogens is 348 g/mol. The van der Waals surface area contributed by atoms with Crippen molar-refractivity contribution in [1.82, 2.24) is 0 Å². The van der Waals surface area contributed by atoms with E-state index >= 15 is 0 Å². The summed E-state index contributed by atoms with van der Waals surface area (Å²) in [6, 6.07) is 9.77. The van der Waals surface area contributed by atoms with Gasteiger partial charge >= 0.3 is 5.97 Å². The molecule has 1 aliphatic heterocycles. The third-order valence-electron chi connectivity index (χ3n) is 4.25. The van der Waals surface area contributed by atoms with E-state index in [1.165, 1.54) is 12.1 Å². The van der Waals surface area contributed by atoms with E-state index in [1.807, 2.05) is 13.0 Å². The molecule has 0 radical (unpaired) electrons. The molecule has 3 N–H and O–H groups in total. The molecule has 0 fully saturated rings. The highest BCUT2D eigenvalue weighted by molar-refractivity contribution is 6.31. The predicted octanol–water partition coefficient (Wildman–Crippen LogP) is 3.24. The van der Waals surface area contributed by atoms with Crippen molar-refractivity contribution in [1.29, 1.82) is 0 Å². The summed E-state index contributed by atoms with van der Waals surface area (Å²) in [5, 5.41) is 15.0. The predicted molar refractivity (Wildman–Crippen MR) is 103 cm³/mol. The molecule has 140 valence electrons. The van der Waals surface area contributed by atoms with E-state index in [4.69, 9.17) is 14.6 Å². The second-order valence-electron chi connectivity index (χ2n) is 6.10. The number of anilines is 2. The van der Waals surface area contributed by atoms with Crippen LogP contribution in [0, 0.1) is 0 Å². The number of rotatable bonds is 6. The third kappa shape index (κ3) is 3.72. The van der Waals surface area contributed by atoms with Crippen molar-refractivity contribution in [2.75, 3.05) is 24.9 Å². The summed E-state index contributed by atoms with van der Waals surface area (Å²) in [5.41, 5.74) is 2.93. The largest absolute Gasteiger partial charge is 0.493 e. The molecular formula is C20H20N2O5. The highest BCUT2D eigenvalue weighted by Gasteiger charge is 2.27. The van der Waals surface area contributed by atoms with Crippen LogP contribution in [0.2, 0.25) is 0 Å². The first-order valence-electron chi connectivity index (χ1n) is 8.32. The highest BCUT2D eigenvalue weighted by Crippen LogP contribution is 2.40. The number of benzene rings is 2. The number of carbonyl (C=O) groups is 2. The molecule has 0 spiro atoms. The first-order valence-corrected chi connectivity index (χ1v) is 8.32. The monoisotopic (exact) mass is 368 g/mol. The van der Waals surface area contributed by atoms with E-state index in [9.17, 15) is 9.59 Å². The fourth-order valence-electron chi connectivity index (χ4n) is 2.95. The summed E-state index contributed by atoms with van der Waals surface area (Å²) in [6.07, 6.45) is 1.82. The average Bonchev–Trinajstić information content (AvgIpc) is 2.95. The van der Waals surface area contributed by atoms with Gasteiger partial charge in [0.2, 0.25) is 0 Å². The van der Waals surface area contributed by atoms with Crippen molar-refractivity contribution in [2.45, 2.75) is 13.0 Å². The topological polar surface area (TPSA) is 96.9 Å². The van der Waals surface area contributed by atoms with Crippen LogP contribution in [-0.4, -0.2) is 37.2 Å². The Hall–Kier alpha value is -3.48. The number of hydrogen-bond acceptors (Lipinski definition) is 5. The summed E-state index contributed by atoms with van der Waals surface area (Å²) in [7, 11) is 3.09. The van der Waals surface area contributed by atoms with Gasteiger partial charge in [-0.1, -0.05) is 0 Å². The zero-order valence-electron chi connectivity index (χ0n) is 15.2. The molecule has 27 heavy (non-hydrogen) atoms. The highest BCUT2D eigenvalue weighted by atomic mass is 16.5. The Labute approximate surface area is 156 Å². The summed E-state index contributed by atoms with van der Waals surface area (Å²) < 4.78 is 10.6. The zero-order chi connectivity index (χ0) is 19.6. The molecule has 1 amide bonds. The van der Waals surface area contributed by atoms with Crippen LogP contribution in [-0.2, 0) is 4.79 Å². The first kappa shape index (κ1) is 18.3. The summed E-state index contributed by atoms with van der Waals surface area (Å²) in [4.78, 5) is 23.3. The Kier molecular flexibility index (Phi) is 5.03. The van der Waals surface area contributed by atoms with Gasteiger partial charge in [0.1, 0.15) is 0 Å². The molecule has 7 nitrogen and oxygen atoms in total. The van der Waals surface area contributed by atoms with Crippen LogP contribution < -0.4 is 20.1 Å². The van der Waals surface area contributed by atoms with E-state index in [1.54, 1.807) is 38.5 Å². The fourth-order valence-corrected chi connectivity index (χ4v) is 2.95. The molecule has 1 aliphatic rings. The second kappa shape index (κ2) is 7.41. The zero-order valence-corrected chi connectivity index (χ0v) is 15.2. The van der Waals surface area contributed by atoms with E-state index in [0.29, 0.717) is 22.8 Å².